The van der Waals surface area contributed by atoms with Crippen LogP contribution < -0.4 is 0 Å². The first-order chi connectivity index (χ1) is 12.0. The fraction of sp³-hybridized carbons (Fsp3) is 0.444. The topological polar surface area (TPSA) is 95.0 Å². The first-order valence-electron chi connectivity index (χ1n) is 8.42. The lowest BCUT2D eigenvalue weighted by atomic mass is 9.93. The number of hydrogen-bond acceptors (Lipinski definition) is 4. The summed E-state index contributed by atoms with van der Waals surface area (Å²) < 4.78 is 0. The highest BCUT2D eigenvalue weighted by molar-refractivity contribution is 6.21. The van der Waals surface area contributed by atoms with Crippen molar-refractivity contribution in [2.24, 2.45) is 5.92 Å². The van der Waals surface area contributed by atoms with Gasteiger partial charge in [0.25, 0.3) is 11.8 Å². The molecule has 7 nitrogen and oxygen atoms in total. The van der Waals surface area contributed by atoms with Crippen LogP contribution in [0.3, 0.4) is 0 Å². The third kappa shape index (κ3) is 3.55. The van der Waals surface area contributed by atoms with Crippen LogP contribution in [0.4, 0.5) is 0 Å². The third-order valence-electron chi connectivity index (χ3n) is 4.86. The van der Waals surface area contributed by atoms with Crippen LogP contribution in [0.2, 0.25) is 0 Å². The van der Waals surface area contributed by atoms with E-state index in [2.05, 4.69) is 0 Å². The van der Waals surface area contributed by atoms with E-state index in [9.17, 15) is 19.2 Å². The molecule has 1 aromatic carbocycles. The number of carbonyl (C=O) groups excluding carboxylic acids is 3. The van der Waals surface area contributed by atoms with Crippen LogP contribution in [0.25, 0.3) is 0 Å². The molecule has 3 amide bonds. The number of carboxylic acid groups (broad SMARTS) is 1. The molecule has 1 aromatic rings. The van der Waals surface area contributed by atoms with Gasteiger partial charge in [0.05, 0.1) is 11.1 Å². The molecule has 0 spiro atoms. The van der Waals surface area contributed by atoms with Crippen molar-refractivity contribution in [1.29, 1.82) is 0 Å². The summed E-state index contributed by atoms with van der Waals surface area (Å²) >= 11 is 0. The number of carboxylic acids is 1. The van der Waals surface area contributed by atoms with Crippen molar-refractivity contribution in [2.75, 3.05) is 19.6 Å². The van der Waals surface area contributed by atoms with E-state index in [0.717, 1.165) is 4.90 Å². The molecule has 2 aliphatic rings. The van der Waals surface area contributed by atoms with E-state index in [1.54, 1.807) is 29.2 Å². The summed E-state index contributed by atoms with van der Waals surface area (Å²) in [6.45, 7) is 1.12. The Balaban J connectivity index is 1.51. The van der Waals surface area contributed by atoms with Crippen molar-refractivity contribution < 1.29 is 24.3 Å². The van der Waals surface area contributed by atoms with Gasteiger partial charge in [-0.05, 0) is 30.9 Å². The van der Waals surface area contributed by atoms with Gasteiger partial charge in [-0.15, -0.1) is 0 Å². The van der Waals surface area contributed by atoms with Crippen molar-refractivity contribution in [3.63, 3.8) is 0 Å². The highest BCUT2D eigenvalue weighted by Gasteiger charge is 2.35. The fourth-order valence-corrected chi connectivity index (χ4v) is 3.44. The quantitative estimate of drug-likeness (QED) is 0.815. The second-order valence-electron chi connectivity index (χ2n) is 6.48. The summed E-state index contributed by atoms with van der Waals surface area (Å²) in [5.41, 5.74) is 0.767. The number of imide groups is 1. The standard InChI is InChI=1S/C18H20N2O5/c21-15(19-8-5-12(6-9-19)11-16(22)23)7-10-20-17(24)13-3-1-2-4-14(13)18(20)25/h1-4,12H,5-11H2,(H,22,23). The summed E-state index contributed by atoms with van der Waals surface area (Å²) in [5, 5.41) is 8.82. The van der Waals surface area contributed by atoms with Gasteiger partial charge in [-0.2, -0.15) is 0 Å². The lowest BCUT2D eigenvalue weighted by Crippen LogP contribution is -2.41. The van der Waals surface area contributed by atoms with Gasteiger partial charge >= 0.3 is 5.97 Å². The van der Waals surface area contributed by atoms with Crippen LogP contribution in [0.5, 0.6) is 0 Å². The van der Waals surface area contributed by atoms with E-state index >= 15 is 0 Å². The van der Waals surface area contributed by atoms with Gasteiger partial charge in [-0.1, -0.05) is 12.1 Å². The average molecular weight is 344 g/mol. The van der Waals surface area contributed by atoms with Crippen LogP contribution in [-0.4, -0.2) is 58.2 Å². The number of likely N-dealkylation sites (tertiary alicyclic amines) is 1. The Morgan fingerprint density at radius 2 is 1.60 bits per heavy atom. The second kappa shape index (κ2) is 7.04. The molecule has 1 saturated heterocycles. The number of rotatable bonds is 5. The number of benzene rings is 1. The number of hydrogen-bond donors (Lipinski definition) is 1. The second-order valence-corrected chi connectivity index (χ2v) is 6.48. The van der Waals surface area contributed by atoms with E-state index < -0.39 is 5.97 Å². The number of nitrogens with zero attached hydrogens (tertiary/aromatic N) is 2. The first kappa shape index (κ1) is 17.1. The summed E-state index contributed by atoms with van der Waals surface area (Å²) in [4.78, 5) is 50.4. The van der Waals surface area contributed by atoms with E-state index in [1.807, 2.05) is 0 Å². The highest BCUT2D eigenvalue weighted by Crippen LogP contribution is 2.24. The van der Waals surface area contributed by atoms with E-state index in [0.29, 0.717) is 37.1 Å². The average Bonchev–Trinajstić information content (AvgIpc) is 2.84. The lowest BCUT2D eigenvalue weighted by molar-refractivity contribution is -0.138. The van der Waals surface area contributed by atoms with Gasteiger partial charge in [0.2, 0.25) is 5.91 Å². The zero-order valence-corrected chi connectivity index (χ0v) is 13.8. The SMILES string of the molecule is O=C(O)CC1CCN(C(=O)CCN2C(=O)c3ccccc3C2=O)CC1. The minimum Gasteiger partial charge on any atom is -0.481 e. The molecule has 0 aliphatic carbocycles. The normalized spacial score (nSPS) is 17.8. The molecule has 0 radical (unpaired) electrons. The molecule has 0 unspecified atom stereocenters. The Kier molecular flexibility index (Phi) is 4.83. The number of carbonyl (C=O) groups is 4. The van der Waals surface area contributed by atoms with Crippen LogP contribution in [-0.2, 0) is 9.59 Å². The molecule has 0 saturated carbocycles. The van der Waals surface area contributed by atoms with Gasteiger partial charge in [-0.25, -0.2) is 0 Å². The summed E-state index contributed by atoms with van der Waals surface area (Å²) in [6, 6.07) is 6.65. The Hall–Kier alpha value is -2.70. The molecule has 132 valence electrons. The van der Waals surface area contributed by atoms with Gasteiger partial charge in [-0.3, -0.25) is 24.1 Å². The van der Waals surface area contributed by atoms with Gasteiger partial charge in [0.15, 0.2) is 0 Å². The minimum absolute atomic E-state index is 0.0697. The molecule has 0 bridgehead atoms. The van der Waals surface area contributed by atoms with E-state index in [-0.39, 0.29) is 43.0 Å². The van der Waals surface area contributed by atoms with Crippen molar-refractivity contribution in [1.82, 2.24) is 9.80 Å². The number of fused-ring (bicyclic) bond motifs is 1. The zero-order valence-electron chi connectivity index (χ0n) is 13.8. The molecule has 2 aliphatic heterocycles. The van der Waals surface area contributed by atoms with Crippen LogP contribution in [0, 0.1) is 5.92 Å². The Bertz CT molecular complexity index is 687. The smallest absolute Gasteiger partial charge is 0.303 e. The summed E-state index contributed by atoms with van der Waals surface area (Å²) in [7, 11) is 0. The maximum absolute atomic E-state index is 12.3. The maximum atomic E-state index is 12.3. The molecular weight excluding hydrogens is 324 g/mol. The minimum atomic E-state index is -0.810. The molecule has 7 heteroatoms. The van der Waals surface area contributed by atoms with E-state index in [1.165, 1.54) is 0 Å². The van der Waals surface area contributed by atoms with Crippen molar-refractivity contribution >= 4 is 23.7 Å². The van der Waals surface area contributed by atoms with Crippen molar-refractivity contribution in [2.45, 2.75) is 25.7 Å². The number of piperidine rings is 1. The summed E-state index contributed by atoms with van der Waals surface area (Å²) in [5.74, 6) is -1.51. The molecule has 0 atom stereocenters. The highest BCUT2D eigenvalue weighted by atomic mass is 16.4. The Labute approximate surface area is 145 Å². The Morgan fingerprint density at radius 3 is 2.12 bits per heavy atom. The molecular formula is C18H20N2O5. The monoisotopic (exact) mass is 344 g/mol. The fourth-order valence-electron chi connectivity index (χ4n) is 3.44. The van der Waals surface area contributed by atoms with Crippen LogP contribution in [0.1, 0.15) is 46.4 Å². The first-order valence-corrected chi connectivity index (χ1v) is 8.42. The predicted octanol–water partition coefficient (Wildman–Crippen LogP) is 1.39. The lowest BCUT2D eigenvalue weighted by Gasteiger charge is -2.31. The van der Waals surface area contributed by atoms with Gasteiger partial charge in [0.1, 0.15) is 0 Å². The number of aliphatic carboxylic acids is 1. The van der Waals surface area contributed by atoms with E-state index in [4.69, 9.17) is 5.11 Å². The van der Waals surface area contributed by atoms with Crippen LogP contribution in [0.15, 0.2) is 24.3 Å². The van der Waals surface area contributed by atoms with Crippen LogP contribution >= 0.6 is 0 Å². The molecule has 25 heavy (non-hydrogen) atoms. The largest absolute Gasteiger partial charge is 0.481 e. The molecule has 0 aromatic heterocycles. The number of amides is 3. The maximum Gasteiger partial charge on any atom is 0.303 e. The molecule has 2 heterocycles. The third-order valence-corrected chi connectivity index (χ3v) is 4.86. The van der Waals surface area contributed by atoms with Crippen molar-refractivity contribution in [3.05, 3.63) is 35.4 Å². The molecule has 3 rings (SSSR count). The molecule has 1 N–H and O–H groups in total. The van der Waals surface area contributed by atoms with Crippen molar-refractivity contribution in [3.8, 4) is 0 Å². The van der Waals surface area contributed by atoms with Gasteiger partial charge < -0.3 is 10.0 Å². The molecule has 1 fully saturated rings. The zero-order chi connectivity index (χ0) is 18.0. The Morgan fingerprint density at radius 1 is 1.04 bits per heavy atom. The predicted molar refractivity (Wildman–Crippen MR) is 88.0 cm³/mol. The summed E-state index contributed by atoms with van der Waals surface area (Å²) in [6.07, 6.45) is 1.57. The van der Waals surface area contributed by atoms with Gasteiger partial charge in [0, 0.05) is 32.5 Å².